The average Bonchev–Trinajstić information content (AvgIpc) is 2.63. The highest BCUT2D eigenvalue weighted by molar-refractivity contribution is 5.89. The van der Waals surface area contributed by atoms with Gasteiger partial charge >= 0.3 is 0 Å². The van der Waals surface area contributed by atoms with Crippen molar-refractivity contribution in [3.63, 3.8) is 0 Å². The lowest BCUT2D eigenvalue weighted by atomic mass is 10.1. The average molecular weight is 331 g/mol. The van der Waals surface area contributed by atoms with E-state index in [1.54, 1.807) is 6.21 Å². The van der Waals surface area contributed by atoms with E-state index in [1.807, 2.05) is 68.4 Å². The van der Waals surface area contributed by atoms with E-state index < -0.39 is 6.04 Å². The molecule has 3 rings (SSSR count). The second-order valence-electron chi connectivity index (χ2n) is 6.07. The van der Waals surface area contributed by atoms with Crippen molar-refractivity contribution < 1.29 is 4.79 Å². The number of hydrogen-bond donors (Lipinski definition) is 2. The smallest absolute Gasteiger partial charge is 0.262 e. The molecule has 0 aliphatic carbocycles. The van der Waals surface area contributed by atoms with Gasteiger partial charge in [-0.05, 0) is 42.3 Å². The van der Waals surface area contributed by atoms with Gasteiger partial charge in [0.25, 0.3) is 5.91 Å². The summed E-state index contributed by atoms with van der Waals surface area (Å²) in [5, 5.41) is 9.53. The van der Waals surface area contributed by atoms with E-state index >= 15 is 0 Å². The third-order valence-corrected chi connectivity index (χ3v) is 3.99. The second-order valence-corrected chi connectivity index (χ2v) is 6.07. The molecule has 0 heterocycles. The maximum absolute atomic E-state index is 12.2. The fraction of sp³-hybridized carbons (Fsp3) is 0.143. The van der Waals surface area contributed by atoms with Gasteiger partial charge in [0, 0.05) is 5.69 Å². The molecule has 0 aromatic heterocycles. The summed E-state index contributed by atoms with van der Waals surface area (Å²) >= 11 is 0. The molecule has 0 spiro atoms. The fourth-order valence-electron chi connectivity index (χ4n) is 2.51. The highest BCUT2D eigenvalue weighted by Crippen LogP contribution is 2.19. The molecule has 4 heteroatoms. The van der Waals surface area contributed by atoms with Crippen LogP contribution in [0.25, 0.3) is 10.8 Å². The number of aryl methyl sites for hydroxylation is 1. The lowest BCUT2D eigenvalue weighted by Gasteiger charge is -2.14. The summed E-state index contributed by atoms with van der Waals surface area (Å²) in [6, 6.07) is 21.7. The van der Waals surface area contributed by atoms with E-state index in [4.69, 9.17) is 0 Å². The Morgan fingerprint density at radius 2 is 1.72 bits per heavy atom. The van der Waals surface area contributed by atoms with E-state index in [1.165, 1.54) is 10.9 Å². The van der Waals surface area contributed by atoms with Crippen LogP contribution in [-0.2, 0) is 4.79 Å². The van der Waals surface area contributed by atoms with Crippen molar-refractivity contribution in [1.29, 1.82) is 0 Å². The molecule has 126 valence electrons. The zero-order valence-electron chi connectivity index (χ0n) is 14.4. The molecule has 25 heavy (non-hydrogen) atoms. The van der Waals surface area contributed by atoms with Gasteiger partial charge in [0.1, 0.15) is 6.04 Å². The van der Waals surface area contributed by atoms with Gasteiger partial charge in [-0.15, -0.1) is 0 Å². The van der Waals surface area contributed by atoms with Gasteiger partial charge in [-0.1, -0.05) is 60.2 Å². The van der Waals surface area contributed by atoms with E-state index in [2.05, 4.69) is 28.0 Å². The maximum Gasteiger partial charge on any atom is 0.262 e. The summed E-state index contributed by atoms with van der Waals surface area (Å²) in [7, 11) is 0. The Kier molecular flexibility index (Phi) is 5.09. The number of nitrogens with zero attached hydrogens (tertiary/aromatic N) is 1. The Morgan fingerprint density at radius 3 is 2.48 bits per heavy atom. The first kappa shape index (κ1) is 16.7. The number of nitrogens with one attached hydrogen (secondary N) is 2. The first-order valence-corrected chi connectivity index (χ1v) is 8.27. The number of rotatable bonds is 5. The van der Waals surface area contributed by atoms with Crippen LogP contribution in [0.5, 0.6) is 0 Å². The number of benzene rings is 3. The fourth-order valence-corrected chi connectivity index (χ4v) is 2.51. The first-order valence-electron chi connectivity index (χ1n) is 8.27. The third kappa shape index (κ3) is 4.44. The van der Waals surface area contributed by atoms with Gasteiger partial charge in [-0.25, -0.2) is 5.43 Å². The predicted octanol–water partition coefficient (Wildman–Crippen LogP) is 4.10. The number of carbonyl (C=O) groups excluding carboxylic acids is 1. The summed E-state index contributed by atoms with van der Waals surface area (Å²) in [5.41, 5.74) is 5.61. The number of carbonyl (C=O) groups is 1. The van der Waals surface area contributed by atoms with Gasteiger partial charge in [-0.3, -0.25) is 4.79 Å². The minimum atomic E-state index is -0.392. The summed E-state index contributed by atoms with van der Waals surface area (Å²) in [5.74, 6) is -0.184. The number of fused-ring (bicyclic) bond motifs is 1. The van der Waals surface area contributed by atoms with Crippen LogP contribution in [0.3, 0.4) is 0 Å². The molecule has 0 saturated heterocycles. The molecule has 1 unspecified atom stereocenters. The Labute approximate surface area is 147 Å². The van der Waals surface area contributed by atoms with Gasteiger partial charge in [0.05, 0.1) is 6.21 Å². The van der Waals surface area contributed by atoms with Crippen LogP contribution >= 0.6 is 0 Å². The van der Waals surface area contributed by atoms with Crippen LogP contribution < -0.4 is 10.7 Å². The number of amides is 1. The number of anilines is 1. The van der Waals surface area contributed by atoms with E-state index in [9.17, 15) is 4.79 Å². The lowest BCUT2D eigenvalue weighted by Crippen LogP contribution is -2.34. The molecule has 4 nitrogen and oxygen atoms in total. The van der Waals surface area contributed by atoms with Crippen molar-refractivity contribution in [2.24, 2.45) is 5.10 Å². The van der Waals surface area contributed by atoms with Crippen LogP contribution in [-0.4, -0.2) is 18.2 Å². The van der Waals surface area contributed by atoms with E-state index in [0.29, 0.717) is 0 Å². The molecule has 1 amide bonds. The number of hydrazone groups is 1. The van der Waals surface area contributed by atoms with E-state index in [-0.39, 0.29) is 5.91 Å². The molecule has 1 atom stereocenters. The van der Waals surface area contributed by atoms with Crippen molar-refractivity contribution in [3.8, 4) is 0 Å². The highest BCUT2D eigenvalue weighted by Gasteiger charge is 2.11. The summed E-state index contributed by atoms with van der Waals surface area (Å²) < 4.78 is 0. The topological polar surface area (TPSA) is 53.5 Å². The van der Waals surface area contributed by atoms with Crippen LogP contribution in [0, 0.1) is 6.92 Å². The van der Waals surface area contributed by atoms with Crippen LogP contribution in [0.1, 0.15) is 18.1 Å². The lowest BCUT2D eigenvalue weighted by molar-refractivity contribution is -0.121. The highest BCUT2D eigenvalue weighted by atomic mass is 16.2. The van der Waals surface area contributed by atoms with Crippen molar-refractivity contribution in [1.82, 2.24) is 5.43 Å². The SMILES string of the molecule is Cc1ccc(C=NNC(=O)C(C)Nc2ccc3ccccc3c2)cc1. The van der Waals surface area contributed by atoms with Crippen LogP contribution in [0.2, 0.25) is 0 Å². The minimum Gasteiger partial charge on any atom is -0.374 e. The summed E-state index contributed by atoms with van der Waals surface area (Å²) in [6.45, 7) is 3.84. The zero-order chi connectivity index (χ0) is 17.6. The molecule has 3 aromatic carbocycles. The Morgan fingerprint density at radius 1 is 1.00 bits per heavy atom. The second kappa shape index (κ2) is 7.62. The monoisotopic (exact) mass is 331 g/mol. The Balaban J connectivity index is 1.58. The molecule has 0 bridgehead atoms. The minimum absolute atomic E-state index is 0.184. The molecule has 0 fully saturated rings. The van der Waals surface area contributed by atoms with Crippen molar-refractivity contribution >= 4 is 28.6 Å². The van der Waals surface area contributed by atoms with Gasteiger partial charge in [-0.2, -0.15) is 5.10 Å². The van der Waals surface area contributed by atoms with Crippen LogP contribution in [0.15, 0.2) is 71.8 Å². The van der Waals surface area contributed by atoms with Gasteiger partial charge in [0.15, 0.2) is 0 Å². The molecule has 0 aliphatic rings. The summed E-state index contributed by atoms with van der Waals surface area (Å²) in [4.78, 5) is 12.2. The Bertz CT molecular complexity index is 900. The van der Waals surface area contributed by atoms with Crippen molar-refractivity contribution in [2.75, 3.05) is 5.32 Å². The number of hydrogen-bond acceptors (Lipinski definition) is 3. The van der Waals surface area contributed by atoms with Crippen molar-refractivity contribution in [3.05, 3.63) is 77.9 Å². The Hall–Kier alpha value is -3.14. The van der Waals surface area contributed by atoms with E-state index in [0.717, 1.165) is 16.6 Å². The quantitative estimate of drug-likeness (QED) is 0.546. The zero-order valence-corrected chi connectivity index (χ0v) is 14.4. The molecule has 3 aromatic rings. The van der Waals surface area contributed by atoms with Crippen molar-refractivity contribution in [2.45, 2.75) is 19.9 Å². The third-order valence-electron chi connectivity index (χ3n) is 3.99. The molecular formula is C21H21N3O. The molecule has 0 aliphatic heterocycles. The molecular weight excluding hydrogens is 310 g/mol. The summed E-state index contributed by atoms with van der Waals surface area (Å²) in [6.07, 6.45) is 1.64. The molecule has 2 N–H and O–H groups in total. The van der Waals surface area contributed by atoms with Crippen LogP contribution in [0.4, 0.5) is 5.69 Å². The predicted molar refractivity (Wildman–Crippen MR) is 104 cm³/mol. The standard InChI is InChI=1S/C21H21N3O/c1-15-7-9-17(10-8-15)14-22-24-21(25)16(2)23-20-12-11-18-5-3-4-6-19(18)13-20/h3-14,16,23H,1-2H3,(H,24,25). The maximum atomic E-state index is 12.2. The molecule has 0 saturated carbocycles. The van der Waals surface area contributed by atoms with Gasteiger partial charge < -0.3 is 5.32 Å². The first-order chi connectivity index (χ1) is 12.1. The normalized spacial score (nSPS) is 12.2. The largest absolute Gasteiger partial charge is 0.374 e. The molecule has 0 radical (unpaired) electrons. The van der Waals surface area contributed by atoms with Gasteiger partial charge in [0.2, 0.25) is 0 Å².